The minimum absolute atomic E-state index is 0.0869. The largest absolute Gasteiger partial charge is 0.394 e. The van der Waals surface area contributed by atoms with E-state index < -0.39 is 155 Å². The van der Waals surface area contributed by atoms with E-state index in [0.29, 0.717) is 123 Å². The number of likely N-dealkylation sites (tertiary alicyclic amines) is 1. The number of rotatable bonds is 65. The molecule has 18 N–H and O–H groups in total. The first-order valence-electron chi connectivity index (χ1n) is 47.4. The van der Waals surface area contributed by atoms with Gasteiger partial charge in [0.2, 0.25) is 47.3 Å². The molecular formula is C91H147N12O31P. The van der Waals surface area contributed by atoms with Gasteiger partial charge in [-0.1, -0.05) is 107 Å². The Morgan fingerprint density at radius 2 is 0.919 bits per heavy atom. The van der Waals surface area contributed by atoms with Gasteiger partial charge in [0.1, 0.15) is 91.3 Å². The van der Waals surface area contributed by atoms with Crippen molar-refractivity contribution in [3.63, 3.8) is 0 Å². The molecule has 2 aromatic carbocycles. The van der Waals surface area contributed by atoms with E-state index in [1.807, 2.05) is 23.2 Å². The number of nitrogens with zero attached hydrogens (tertiary/aromatic N) is 3. The van der Waals surface area contributed by atoms with Gasteiger partial charge in [-0.25, -0.2) is 4.57 Å². The maximum absolute atomic E-state index is 14.8. The normalized spacial score (nSPS) is 24.1. The van der Waals surface area contributed by atoms with Crippen LogP contribution in [0.15, 0.2) is 48.5 Å². The highest BCUT2D eigenvalue weighted by atomic mass is 31.1. The molecule has 44 heteroatoms. The summed E-state index contributed by atoms with van der Waals surface area (Å²) in [5.41, 5.74) is 11.7. The van der Waals surface area contributed by atoms with Crippen LogP contribution < -0.4 is 53.1 Å². The summed E-state index contributed by atoms with van der Waals surface area (Å²) in [6.07, 6.45) is 3.97. The fourth-order valence-corrected chi connectivity index (χ4v) is 17.0. The number of para-hydroxylation sites is 1. The van der Waals surface area contributed by atoms with Crippen LogP contribution in [0.2, 0.25) is 0 Å². The Hall–Kier alpha value is -7.95. The van der Waals surface area contributed by atoms with Crippen LogP contribution in [0.25, 0.3) is 11.4 Å². The molecule has 2 aromatic rings. The summed E-state index contributed by atoms with van der Waals surface area (Å²) in [7, 11) is -2.66. The zero-order chi connectivity index (χ0) is 97.3. The number of aliphatic hydroxyl groups excluding tert-OH is 9. The molecule has 0 bridgehead atoms. The fraction of sp³-hybridized carbons (Fsp3) is 0.736. The van der Waals surface area contributed by atoms with Crippen molar-refractivity contribution in [3.05, 3.63) is 65.2 Å². The van der Waals surface area contributed by atoms with Gasteiger partial charge < -0.3 is 160 Å². The molecule has 6 heterocycles. The molecule has 0 saturated carbocycles. The summed E-state index contributed by atoms with van der Waals surface area (Å²) in [6.45, 7) is 5.59. The third-order valence-electron chi connectivity index (χ3n) is 23.9. The minimum Gasteiger partial charge on any atom is -0.394 e. The van der Waals surface area contributed by atoms with E-state index in [-0.39, 0.29) is 148 Å². The number of ether oxygens (including phenoxy) is 11. The van der Waals surface area contributed by atoms with Crippen molar-refractivity contribution in [1.82, 2.24) is 58.1 Å². The Morgan fingerprint density at radius 3 is 1.38 bits per heavy atom. The smallest absolute Gasteiger partial charge is 0.376 e. The van der Waals surface area contributed by atoms with Crippen LogP contribution in [0.4, 0.5) is 5.69 Å². The lowest BCUT2D eigenvalue weighted by atomic mass is 9.93. The molecule has 762 valence electrons. The molecule has 16 atom stereocenters. The van der Waals surface area contributed by atoms with Crippen molar-refractivity contribution in [2.24, 2.45) is 5.92 Å². The number of piperidine rings is 1. The summed E-state index contributed by atoms with van der Waals surface area (Å²) in [5.74, 6) is -3.68. The molecule has 6 aliphatic heterocycles. The van der Waals surface area contributed by atoms with Gasteiger partial charge in [0.25, 0.3) is 0 Å². The van der Waals surface area contributed by atoms with Gasteiger partial charge >= 0.3 is 8.25 Å². The van der Waals surface area contributed by atoms with Gasteiger partial charge in [-0.05, 0) is 75.8 Å². The standard InChI is InChI=1S/C91H147N12O31P/c1-5-130-135(121)131-46-26-11-6-10-22-39-102-53-65-27-15-16-28-66(65)80-76(67-29-17-18-30-68(67)102)99-100-103(80)42-50-122-51-52-123-57-75(113)101-40-31-64(32-41-101)87(120)98-91(58-124-47-33-72(110)92-36-19-7-12-23-43-127-88-77(95-61(2)107)84(117)81(114)69(54-104)132-88,59-125-48-34-73(111)93-37-20-8-13-24-44-128-89-78(96-62(3)108)85(118)82(115)70(55-105)133-89)60-126-49-35-74(112)94-38-21-9-14-25-45-129-90-79(97-63(4)109)86(119)83(116)71(56-106)134-90/h1,15-18,27-30,64,69-71,77-79,81-86,88-90,99-100,104-106,114-119,135H,6-14,19-26,31-60H2,2-4H3,(H,92,110)(H,93,111)(H,94,112)(H,95,107)(H,96,108)(H,97,109)(H,98,120). The zero-order valence-corrected chi connectivity index (χ0v) is 79.0. The third-order valence-corrected chi connectivity index (χ3v) is 24.6. The first kappa shape index (κ1) is 112. The number of terminal acetylenes is 1. The van der Waals surface area contributed by atoms with Crippen molar-refractivity contribution < 1.29 is 150 Å². The topological polar surface area (TPSA) is 574 Å². The Labute approximate surface area is 790 Å². The lowest BCUT2D eigenvalue weighted by Gasteiger charge is -2.42. The quantitative estimate of drug-likeness (QED) is 0.0223. The maximum atomic E-state index is 14.8. The number of hydrazine groups is 2. The van der Waals surface area contributed by atoms with E-state index in [9.17, 15) is 88.9 Å². The van der Waals surface area contributed by atoms with Gasteiger partial charge in [-0.15, -0.1) is 5.53 Å². The van der Waals surface area contributed by atoms with E-state index in [4.69, 9.17) is 63.1 Å². The second-order valence-corrected chi connectivity index (χ2v) is 35.5. The Kier molecular flexibility index (Phi) is 51.7. The molecule has 43 nitrogen and oxygen atoms in total. The molecule has 6 aliphatic rings. The van der Waals surface area contributed by atoms with Crippen molar-refractivity contribution in [3.8, 4) is 12.5 Å². The maximum Gasteiger partial charge on any atom is 0.376 e. The van der Waals surface area contributed by atoms with Crippen LogP contribution in [0.3, 0.4) is 0 Å². The Balaban J connectivity index is 0.832. The SMILES string of the molecule is C#CO[PH](=O)OCCCCCCCN1Cc2ccccc2C2=C(NNN2CCOCCOCC(=O)N2CCC(C(=O)NC(COCCC(=O)NCCCCCCOC3OC(CO)C(O)C(O)C3NC(C)=O)(COCCC(=O)NCCCCCCOC3OC(CO)C(O)C(O)C3NC(C)=O)COCCC(=O)NCCCCCCOC3OC(CO)C(O)C(O)C3NC(C)=O)CC2)c2ccccc21. The summed E-state index contributed by atoms with van der Waals surface area (Å²) < 4.78 is 86.5. The van der Waals surface area contributed by atoms with Gasteiger partial charge in [-0.3, -0.25) is 43.4 Å². The summed E-state index contributed by atoms with van der Waals surface area (Å²) in [5, 5.41) is 114. The number of carbonyl (C=O) groups excluding carboxylic acids is 8. The van der Waals surface area contributed by atoms with E-state index in [0.717, 1.165) is 72.4 Å². The molecule has 8 amide bonds. The molecule has 8 rings (SSSR count). The molecule has 0 aliphatic carbocycles. The monoisotopic (exact) mass is 1940 g/mol. The number of aliphatic hydroxyl groups is 9. The number of amides is 8. The summed E-state index contributed by atoms with van der Waals surface area (Å²) in [4.78, 5) is 108. The second-order valence-electron chi connectivity index (χ2n) is 34.5. The Morgan fingerprint density at radius 1 is 0.496 bits per heavy atom. The minimum atomic E-state index is -2.66. The second kappa shape index (κ2) is 62.2. The molecule has 135 heavy (non-hydrogen) atoms. The first-order valence-corrected chi connectivity index (χ1v) is 48.6. The van der Waals surface area contributed by atoms with Crippen LogP contribution in [0, 0.1) is 18.4 Å². The van der Waals surface area contributed by atoms with E-state index in [2.05, 4.69) is 94.0 Å². The van der Waals surface area contributed by atoms with Crippen LogP contribution >= 0.6 is 8.25 Å². The molecule has 16 unspecified atom stereocenters. The molecule has 0 spiro atoms. The number of fused-ring (bicyclic) bond motifs is 4. The zero-order valence-electron chi connectivity index (χ0n) is 78.0. The van der Waals surface area contributed by atoms with Crippen LogP contribution in [0.5, 0.6) is 0 Å². The highest BCUT2D eigenvalue weighted by molar-refractivity contribution is 7.33. The number of nitrogens with one attached hydrogen (secondary N) is 9. The summed E-state index contributed by atoms with van der Waals surface area (Å²) in [6, 6.07) is 13.5. The van der Waals surface area contributed by atoms with Gasteiger partial charge in [0, 0.05) is 128 Å². The third kappa shape index (κ3) is 38.3. The van der Waals surface area contributed by atoms with Crippen LogP contribution in [-0.4, -0.2) is 359 Å². The number of hydrogen-bond donors (Lipinski definition) is 18. The highest BCUT2D eigenvalue weighted by Gasteiger charge is 2.49. The Bertz CT molecular complexity index is 3780. The van der Waals surface area contributed by atoms with E-state index in [1.54, 1.807) is 4.90 Å². The molecular weight excluding hydrogens is 1790 g/mol. The average Bonchev–Trinajstić information content (AvgIpc) is 1.63. The average molecular weight is 1940 g/mol. The van der Waals surface area contributed by atoms with Crippen LogP contribution in [-0.2, 0) is 111 Å². The number of benzene rings is 2. The molecule has 4 fully saturated rings. The van der Waals surface area contributed by atoms with Gasteiger partial charge in [0.15, 0.2) is 18.9 Å². The van der Waals surface area contributed by atoms with Gasteiger partial charge in [0.05, 0.1) is 104 Å². The highest BCUT2D eigenvalue weighted by Crippen LogP contribution is 2.40. The van der Waals surface area contributed by atoms with Gasteiger partial charge in [-0.2, -0.15) is 0 Å². The van der Waals surface area contributed by atoms with E-state index >= 15 is 0 Å². The number of anilines is 1. The fourth-order valence-electron chi connectivity index (χ4n) is 16.6. The lowest BCUT2D eigenvalue weighted by Crippen LogP contribution is -2.64. The van der Waals surface area contributed by atoms with Crippen molar-refractivity contribution >= 4 is 72.6 Å². The predicted molar refractivity (Wildman–Crippen MR) is 488 cm³/mol. The number of unbranched alkanes of at least 4 members (excludes halogenated alkanes) is 13. The molecule has 4 saturated heterocycles. The van der Waals surface area contributed by atoms with Crippen molar-refractivity contribution in [2.45, 2.75) is 266 Å². The van der Waals surface area contributed by atoms with Crippen LogP contribution in [0.1, 0.15) is 179 Å². The van der Waals surface area contributed by atoms with E-state index in [1.165, 1.54) is 20.8 Å². The lowest BCUT2D eigenvalue weighted by molar-refractivity contribution is -0.270. The number of hydrogen-bond acceptors (Lipinski definition) is 35. The molecule has 0 aromatic heterocycles. The number of carbonyl (C=O) groups is 8. The predicted octanol–water partition coefficient (Wildman–Crippen LogP) is -0.621. The van der Waals surface area contributed by atoms with Crippen molar-refractivity contribution in [2.75, 3.05) is 163 Å². The van der Waals surface area contributed by atoms with Crippen molar-refractivity contribution in [1.29, 1.82) is 0 Å². The first-order chi connectivity index (χ1) is 65.3. The summed E-state index contributed by atoms with van der Waals surface area (Å²) >= 11 is 0. The molecule has 0 radical (unpaired) electrons.